The van der Waals surface area contributed by atoms with E-state index in [0.717, 1.165) is 18.7 Å². The monoisotopic (exact) mass is 328 g/mol. The van der Waals surface area contributed by atoms with Gasteiger partial charge in [-0.2, -0.15) is 0 Å². The molecule has 0 saturated carbocycles. The first kappa shape index (κ1) is 16.0. The Hall–Kier alpha value is -2.89. The standard InChI is InChI=1S/C18H17FN2O3/c19-13-3-1-4-16(11-13)24-12-17(22)20-14-6-8-15(9-7-14)21-10-2-5-18(21)23/h1,3-4,6-9,11H,2,5,10,12H2,(H,20,22). The molecule has 0 spiro atoms. The van der Waals surface area contributed by atoms with E-state index < -0.39 is 5.82 Å². The maximum absolute atomic E-state index is 13.0. The number of ether oxygens (including phenoxy) is 1. The number of rotatable bonds is 5. The van der Waals surface area contributed by atoms with Gasteiger partial charge in [0.25, 0.3) is 5.91 Å². The first-order chi connectivity index (χ1) is 11.6. The van der Waals surface area contributed by atoms with Crippen LogP contribution in [0.15, 0.2) is 48.5 Å². The molecule has 1 aliphatic rings. The largest absolute Gasteiger partial charge is 0.484 e. The molecule has 1 fully saturated rings. The summed E-state index contributed by atoms with van der Waals surface area (Å²) in [6, 6.07) is 12.7. The zero-order valence-corrected chi connectivity index (χ0v) is 13.0. The van der Waals surface area contributed by atoms with E-state index in [4.69, 9.17) is 4.74 Å². The number of nitrogens with zero attached hydrogens (tertiary/aromatic N) is 1. The summed E-state index contributed by atoms with van der Waals surface area (Å²) in [5.74, 6) is -0.340. The Morgan fingerprint density at radius 2 is 2.00 bits per heavy atom. The van der Waals surface area contributed by atoms with Gasteiger partial charge in [0.05, 0.1) is 0 Å². The molecule has 0 radical (unpaired) electrons. The molecule has 2 amide bonds. The number of halogens is 1. The van der Waals surface area contributed by atoms with E-state index >= 15 is 0 Å². The van der Waals surface area contributed by atoms with Gasteiger partial charge in [0.15, 0.2) is 6.61 Å². The van der Waals surface area contributed by atoms with Crippen molar-refractivity contribution in [3.05, 3.63) is 54.3 Å². The van der Waals surface area contributed by atoms with Crippen molar-refractivity contribution in [3.8, 4) is 5.75 Å². The topological polar surface area (TPSA) is 58.6 Å². The summed E-state index contributed by atoms with van der Waals surface area (Å²) in [7, 11) is 0. The quantitative estimate of drug-likeness (QED) is 0.918. The summed E-state index contributed by atoms with van der Waals surface area (Å²) in [6.45, 7) is 0.516. The van der Waals surface area contributed by atoms with Crippen LogP contribution in [0.2, 0.25) is 0 Å². The fourth-order valence-corrected chi connectivity index (χ4v) is 2.55. The third-order valence-corrected chi connectivity index (χ3v) is 3.70. The Balaban J connectivity index is 1.53. The molecule has 5 nitrogen and oxygen atoms in total. The molecular weight excluding hydrogens is 311 g/mol. The lowest BCUT2D eigenvalue weighted by Crippen LogP contribution is -2.23. The Morgan fingerprint density at radius 3 is 2.67 bits per heavy atom. The lowest BCUT2D eigenvalue weighted by atomic mass is 10.2. The summed E-state index contributed by atoms with van der Waals surface area (Å²) in [5, 5.41) is 2.69. The van der Waals surface area contributed by atoms with Crippen molar-refractivity contribution in [2.24, 2.45) is 0 Å². The predicted octanol–water partition coefficient (Wildman–Crippen LogP) is 2.97. The minimum atomic E-state index is -0.417. The Labute approximate surface area is 139 Å². The molecule has 3 rings (SSSR count). The summed E-state index contributed by atoms with van der Waals surface area (Å²) in [5.41, 5.74) is 1.43. The third kappa shape index (κ3) is 3.90. The van der Waals surface area contributed by atoms with Crippen LogP contribution in [0.25, 0.3) is 0 Å². The van der Waals surface area contributed by atoms with Gasteiger partial charge < -0.3 is 15.0 Å². The lowest BCUT2D eigenvalue weighted by Gasteiger charge is -2.16. The van der Waals surface area contributed by atoms with Gasteiger partial charge in [0.1, 0.15) is 11.6 Å². The number of hydrogen-bond acceptors (Lipinski definition) is 3. The number of carbonyl (C=O) groups excluding carboxylic acids is 2. The highest BCUT2D eigenvalue weighted by Crippen LogP contribution is 2.23. The minimum absolute atomic E-state index is 0.121. The van der Waals surface area contributed by atoms with Crippen molar-refractivity contribution in [2.45, 2.75) is 12.8 Å². The van der Waals surface area contributed by atoms with E-state index in [0.29, 0.717) is 17.9 Å². The Bertz CT molecular complexity index is 746. The van der Waals surface area contributed by atoms with Crippen LogP contribution in [0.5, 0.6) is 5.75 Å². The number of anilines is 2. The SMILES string of the molecule is O=C(COc1cccc(F)c1)Nc1ccc(N2CCCC2=O)cc1. The molecule has 0 bridgehead atoms. The van der Waals surface area contributed by atoms with Gasteiger partial charge in [-0.05, 0) is 42.8 Å². The molecule has 0 aromatic heterocycles. The van der Waals surface area contributed by atoms with Crippen molar-refractivity contribution in [3.63, 3.8) is 0 Å². The molecule has 1 heterocycles. The second-order valence-corrected chi connectivity index (χ2v) is 5.49. The van der Waals surface area contributed by atoms with Gasteiger partial charge >= 0.3 is 0 Å². The molecule has 0 atom stereocenters. The van der Waals surface area contributed by atoms with Gasteiger partial charge in [0.2, 0.25) is 5.91 Å². The first-order valence-electron chi connectivity index (χ1n) is 7.70. The molecule has 2 aromatic carbocycles. The van der Waals surface area contributed by atoms with Crippen LogP contribution in [0.4, 0.5) is 15.8 Å². The number of amides is 2. The van der Waals surface area contributed by atoms with Crippen LogP contribution in [0, 0.1) is 5.82 Å². The number of nitrogens with one attached hydrogen (secondary N) is 1. The summed E-state index contributed by atoms with van der Waals surface area (Å²) in [4.78, 5) is 25.3. The van der Waals surface area contributed by atoms with Crippen molar-refractivity contribution >= 4 is 23.2 Å². The Morgan fingerprint density at radius 1 is 1.21 bits per heavy atom. The smallest absolute Gasteiger partial charge is 0.262 e. The fourth-order valence-electron chi connectivity index (χ4n) is 2.55. The fraction of sp³-hybridized carbons (Fsp3) is 0.222. The second-order valence-electron chi connectivity index (χ2n) is 5.49. The van der Waals surface area contributed by atoms with Crippen LogP contribution >= 0.6 is 0 Å². The molecule has 24 heavy (non-hydrogen) atoms. The normalized spacial score (nSPS) is 13.9. The molecule has 0 aliphatic carbocycles. The predicted molar refractivity (Wildman–Crippen MR) is 88.6 cm³/mol. The zero-order chi connectivity index (χ0) is 16.9. The Kier molecular flexibility index (Phi) is 4.74. The molecule has 0 unspecified atom stereocenters. The highest BCUT2D eigenvalue weighted by atomic mass is 19.1. The van der Waals surface area contributed by atoms with Crippen molar-refractivity contribution in [2.75, 3.05) is 23.4 Å². The van der Waals surface area contributed by atoms with Crippen LogP contribution in [-0.4, -0.2) is 25.0 Å². The second kappa shape index (κ2) is 7.12. The summed E-state index contributed by atoms with van der Waals surface area (Å²) < 4.78 is 18.3. The lowest BCUT2D eigenvalue weighted by molar-refractivity contribution is -0.118. The van der Waals surface area contributed by atoms with E-state index in [-0.39, 0.29) is 18.4 Å². The minimum Gasteiger partial charge on any atom is -0.484 e. The number of benzene rings is 2. The van der Waals surface area contributed by atoms with Crippen molar-refractivity contribution in [1.82, 2.24) is 0 Å². The molecule has 124 valence electrons. The molecular formula is C18H17FN2O3. The molecule has 1 N–H and O–H groups in total. The molecule has 1 saturated heterocycles. The molecule has 2 aromatic rings. The van der Waals surface area contributed by atoms with Gasteiger partial charge in [-0.1, -0.05) is 6.07 Å². The van der Waals surface area contributed by atoms with E-state index in [2.05, 4.69) is 5.32 Å². The van der Waals surface area contributed by atoms with Crippen LogP contribution in [0.1, 0.15) is 12.8 Å². The van der Waals surface area contributed by atoms with Gasteiger partial charge in [-0.25, -0.2) is 4.39 Å². The highest BCUT2D eigenvalue weighted by Gasteiger charge is 2.21. The van der Waals surface area contributed by atoms with Crippen molar-refractivity contribution in [1.29, 1.82) is 0 Å². The van der Waals surface area contributed by atoms with E-state index in [1.54, 1.807) is 35.2 Å². The maximum Gasteiger partial charge on any atom is 0.262 e. The maximum atomic E-state index is 13.0. The van der Waals surface area contributed by atoms with Crippen molar-refractivity contribution < 1.29 is 18.7 Å². The average Bonchev–Trinajstić information content (AvgIpc) is 3.00. The number of carbonyl (C=O) groups is 2. The van der Waals surface area contributed by atoms with Crippen LogP contribution in [0.3, 0.4) is 0 Å². The van der Waals surface area contributed by atoms with E-state index in [1.807, 2.05) is 0 Å². The third-order valence-electron chi connectivity index (χ3n) is 3.70. The van der Waals surface area contributed by atoms with Crippen LogP contribution < -0.4 is 15.0 Å². The van der Waals surface area contributed by atoms with Gasteiger partial charge in [0, 0.05) is 30.4 Å². The van der Waals surface area contributed by atoms with E-state index in [9.17, 15) is 14.0 Å². The molecule has 1 aliphatic heterocycles. The average molecular weight is 328 g/mol. The first-order valence-corrected chi connectivity index (χ1v) is 7.70. The summed E-state index contributed by atoms with van der Waals surface area (Å²) in [6.07, 6.45) is 1.45. The van der Waals surface area contributed by atoms with E-state index in [1.165, 1.54) is 18.2 Å². The highest BCUT2D eigenvalue weighted by molar-refractivity contribution is 5.96. The van der Waals surface area contributed by atoms with Gasteiger partial charge in [-0.3, -0.25) is 9.59 Å². The number of hydrogen-bond donors (Lipinski definition) is 1. The zero-order valence-electron chi connectivity index (χ0n) is 13.0. The van der Waals surface area contributed by atoms with Gasteiger partial charge in [-0.15, -0.1) is 0 Å². The molecule has 6 heteroatoms. The summed E-state index contributed by atoms with van der Waals surface area (Å²) >= 11 is 0. The van der Waals surface area contributed by atoms with Crippen LogP contribution in [-0.2, 0) is 9.59 Å².